The third-order valence-electron chi connectivity index (χ3n) is 2.52. The van der Waals surface area contributed by atoms with E-state index < -0.39 is 6.36 Å². The Kier molecular flexibility index (Phi) is 5.66. The van der Waals surface area contributed by atoms with Gasteiger partial charge in [0.1, 0.15) is 5.75 Å². The van der Waals surface area contributed by atoms with Crippen LogP contribution in [0.1, 0.15) is 31.2 Å². The number of hydrogen-bond acceptors (Lipinski definition) is 2. The van der Waals surface area contributed by atoms with Gasteiger partial charge in [-0.25, -0.2) is 0 Å². The first-order valence-corrected chi connectivity index (χ1v) is 6.00. The SMILES string of the molecule is NC(=O)CCCCCc1cccc(OC(F)(F)F)c1. The van der Waals surface area contributed by atoms with Gasteiger partial charge in [-0.3, -0.25) is 4.79 Å². The standard InChI is InChI=1S/C13H16F3NO2/c14-13(15,16)19-11-7-4-6-10(9-11)5-2-1-3-8-12(17)18/h4,6-7,9H,1-3,5,8H2,(H2,17,18). The number of nitrogens with two attached hydrogens (primary N) is 1. The maximum absolute atomic E-state index is 12.0. The molecular formula is C13H16F3NO2. The fourth-order valence-corrected chi connectivity index (χ4v) is 1.70. The van der Waals surface area contributed by atoms with E-state index in [4.69, 9.17) is 5.73 Å². The number of rotatable bonds is 7. The fourth-order valence-electron chi connectivity index (χ4n) is 1.70. The zero-order valence-electron chi connectivity index (χ0n) is 10.4. The van der Waals surface area contributed by atoms with Gasteiger partial charge in [0.05, 0.1) is 0 Å². The van der Waals surface area contributed by atoms with E-state index in [0.29, 0.717) is 19.3 Å². The number of benzene rings is 1. The number of carbonyl (C=O) groups excluding carboxylic acids is 1. The fraction of sp³-hybridized carbons (Fsp3) is 0.462. The van der Waals surface area contributed by atoms with Crippen molar-refractivity contribution in [3.63, 3.8) is 0 Å². The van der Waals surface area contributed by atoms with Crippen LogP contribution in [0.25, 0.3) is 0 Å². The third kappa shape index (κ3) is 7.33. The normalized spacial score (nSPS) is 11.3. The molecule has 1 rings (SSSR count). The van der Waals surface area contributed by atoms with E-state index in [1.807, 2.05) is 0 Å². The second kappa shape index (κ2) is 7.01. The second-order valence-electron chi connectivity index (χ2n) is 4.22. The van der Waals surface area contributed by atoms with E-state index in [0.717, 1.165) is 18.4 Å². The van der Waals surface area contributed by atoms with E-state index in [2.05, 4.69) is 4.74 Å². The Morgan fingerprint density at radius 1 is 1.21 bits per heavy atom. The van der Waals surface area contributed by atoms with Crippen molar-refractivity contribution in [2.24, 2.45) is 5.73 Å². The second-order valence-corrected chi connectivity index (χ2v) is 4.22. The summed E-state index contributed by atoms with van der Waals surface area (Å²) in [5, 5.41) is 0. The summed E-state index contributed by atoms with van der Waals surface area (Å²) in [6, 6.07) is 5.92. The maximum atomic E-state index is 12.0. The van der Waals surface area contributed by atoms with Gasteiger partial charge in [0.25, 0.3) is 0 Å². The Hall–Kier alpha value is -1.72. The predicted octanol–water partition coefficient (Wildman–Crippen LogP) is 3.17. The van der Waals surface area contributed by atoms with Gasteiger partial charge >= 0.3 is 6.36 Å². The summed E-state index contributed by atoms with van der Waals surface area (Å²) < 4.78 is 39.9. The molecule has 0 aliphatic rings. The Balaban J connectivity index is 2.38. The number of carbonyl (C=O) groups is 1. The number of hydrogen-bond donors (Lipinski definition) is 1. The average molecular weight is 275 g/mol. The molecule has 19 heavy (non-hydrogen) atoms. The Morgan fingerprint density at radius 3 is 2.58 bits per heavy atom. The van der Waals surface area contributed by atoms with Crippen molar-refractivity contribution >= 4 is 5.91 Å². The first-order valence-electron chi connectivity index (χ1n) is 6.00. The summed E-state index contributed by atoms with van der Waals surface area (Å²) >= 11 is 0. The van der Waals surface area contributed by atoms with Crippen LogP contribution in [0.2, 0.25) is 0 Å². The molecule has 0 spiro atoms. The van der Waals surface area contributed by atoms with E-state index in [-0.39, 0.29) is 11.7 Å². The molecule has 6 heteroatoms. The topological polar surface area (TPSA) is 52.3 Å². The summed E-state index contributed by atoms with van der Waals surface area (Å²) in [5.41, 5.74) is 5.78. The van der Waals surface area contributed by atoms with Crippen LogP contribution >= 0.6 is 0 Å². The van der Waals surface area contributed by atoms with Crippen LogP contribution in [0.4, 0.5) is 13.2 Å². The van der Waals surface area contributed by atoms with E-state index in [1.165, 1.54) is 18.2 Å². The van der Waals surface area contributed by atoms with Crippen molar-refractivity contribution in [2.45, 2.75) is 38.5 Å². The zero-order valence-corrected chi connectivity index (χ0v) is 10.4. The predicted molar refractivity (Wildman–Crippen MR) is 64.5 cm³/mol. The lowest BCUT2D eigenvalue weighted by atomic mass is 10.1. The highest BCUT2D eigenvalue weighted by molar-refractivity contribution is 5.73. The van der Waals surface area contributed by atoms with Crippen molar-refractivity contribution < 1.29 is 22.7 Å². The van der Waals surface area contributed by atoms with Gasteiger partial charge in [-0.1, -0.05) is 18.6 Å². The van der Waals surface area contributed by atoms with Crippen molar-refractivity contribution in [2.75, 3.05) is 0 Å². The third-order valence-corrected chi connectivity index (χ3v) is 2.52. The minimum absolute atomic E-state index is 0.206. The molecule has 0 aliphatic heterocycles. The van der Waals surface area contributed by atoms with Crippen molar-refractivity contribution in [3.8, 4) is 5.75 Å². The molecule has 1 aromatic rings. The summed E-state index contributed by atoms with van der Waals surface area (Å²) in [5.74, 6) is -0.539. The average Bonchev–Trinajstić information content (AvgIpc) is 2.26. The monoisotopic (exact) mass is 275 g/mol. The lowest BCUT2D eigenvalue weighted by Crippen LogP contribution is -2.17. The van der Waals surface area contributed by atoms with Gasteiger partial charge in [0.2, 0.25) is 5.91 Å². The van der Waals surface area contributed by atoms with Gasteiger partial charge < -0.3 is 10.5 Å². The molecule has 0 saturated carbocycles. The van der Waals surface area contributed by atoms with Crippen LogP contribution in [0.5, 0.6) is 5.75 Å². The molecule has 0 fully saturated rings. The number of ether oxygens (including phenoxy) is 1. The minimum Gasteiger partial charge on any atom is -0.406 e. The summed E-state index contributed by atoms with van der Waals surface area (Å²) in [6.07, 6.45) is -1.37. The van der Waals surface area contributed by atoms with E-state index in [9.17, 15) is 18.0 Å². The quantitative estimate of drug-likeness (QED) is 0.777. The molecule has 2 N–H and O–H groups in total. The number of unbranched alkanes of at least 4 members (excludes halogenated alkanes) is 2. The number of amides is 1. The Labute approximate surface area is 109 Å². The van der Waals surface area contributed by atoms with E-state index >= 15 is 0 Å². The molecule has 0 bridgehead atoms. The van der Waals surface area contributed by atoms with Crippen molar-refractivity contribution in [3.05, 3.63) is 29.8 Å². The maximum Gasteiger partial charge on any atom is 0.573 e. The molecular weight excluding hydrogens is 259 g/mol. The minimum atomic E-state index is -4.67. The highest BCUT2D eigenvalue weighted by atomic mass is 19.4. The highest BCUT2D eigenvalue weighted by Gasteiger charge is 2.31. The lowest BCUT2D eigenvalue weighted by molar-refractivity contribution is -0.274. The largest absolute Gasteiger partial charge is 0.573 e. The number of halogens is 3. The zero-order chi connectivity index (χ0) is 14.3. The van der Waals surface area contributed by atoms with Crippen LogP contribution in [0, 0.1) is 0 Å². The summed E-state index contributed by atoms with van der Waals surface area (Å²) in [4.78, 5) is 10.5. The summed E-state index contributed by atoms with van der Waals surface area (Å²) in [7, 11) is 0. The van der Waals surface area contributed by atoms with Crippen molar-refractivity contribution in [1.82, 2.24) is 0 Å². The highest BCUT2D eigenvalue weighted by Crippen LogP contribution is 2.23. The molecule has 0 radical (unpaired) electrons. The molecule has 1 amide bonds. The molecule has 0 aromatic heterocycles. The lowest BCUT2D eigenvalue weighted by Gasteiger charge is -2.10. The Bertz CT molecular complexity index is 419. The number of alkyl halides is 3. The molecule has 0 unspecified atom stereocenters. The van der Waals surface area contributed by atoms with Gasteiger partial charge in [0, 0.05) is 6.42 Å². The van der Waals surface area contributed by atoms with Gasteiger partial charge in [0.15, 0.2) is 0 Å². The Morgan fingerprint density at radius 2 is 1.95 bits per heavy atom. The summed E-state index contributed by atoms with van der Waals surface area (Å²) in [6.45, 7) is 0. The smallest absolute Gasteiger partial charge is 0.406 e. The number of aryl methyl sites for hydroxylation is 1. The van der Waals surface area contributed by atoms with Gasteiger partial charge in [-0.05, 0) is 37.0 Å². The molecule has 0 saturated heterocycles. The molecule has 106 valence electrons. The molecule has 3 nitrogen and oxygen atoms in total. The van der Waals surface area contributed by atoms with Crippen LogP contribution in [-0.4, -0.2) is 12.3 Å². The van der Waals surface area contributed by atoms with Crippen LogP contribution < -0.4 is 10.5 Å². The number of primary amides is 1. The van der Waals surface area contributed by atoms with Crippen LogP contribution in [0.15, 0.2) is 24.3 Å². The van der Waals surface area contributed by atoms with Crippen molar-refractivity contribution in [1.29, 1.82) is 0 Å². The van der Waals surface area contributed by atoms with Crippen LogP contribution in [-0.2, 0) is 11.2 Å². The molecule has 0 heterocycles. The first-order chi connectivity index (χ1) is 8.87. The van der Waals surface area contributed by atoms with Gasteiger partial charge in [-0.15, -0.1) is 13.2 Å². The van der Waals surface area contributed by atoms with Crippen LogP contribution in [0.3, 0.4) is 0 Å². The van der Waals surface area contributed by atoms with Gasteiger partial charge in [-0.2, -0.15) is 0 Å². The van der Waals surface area contributed by atoms with E-state index in [1.54, 1.807) is 6.07 Å². The molecule has 1 aromatic carbocycles. The first kappa shape index (κ1) is 15.3. The molecule has 0 aliphatic carbocycles. The molecule has 0 atom stereocenters.